The molecule has 22 heavy (non-hydrogen) atoms. The molecule has 6 nitrogen and oxygen atoms in total. The van der Waals surface area contributed by atoms with Gasteiger partial charge in [0.2, 0.25) is 10.0 Å². The predicted octanol–water partition coefficient (Wildman–Crippen LogP) is 1.05. The van der Waals surface area contributed by atoms with Gasteiger partial charge in [-0.1, -0.05) is 13.8 Å². The lowest BCUT2D eigenvalue weighted by Gasteiger charge is -2.32. The average Bonchev–Trinajstić information content (AvgIpc) is 2.83. The molecule has 0 aromatic carbocycles. The highest BCUT2D eigenvalue weighted by Gasteiger charge is 2.39. The van der Waals surface area contributed by atoms with Gasteiger partial charge in [0.25, 0.3) is 0 Å². The Kier molecular flexibility index (Phi) is 4.99. The van der Waals surface area contributed by atoms with Crippen LogP contribution in [0.25, 0.3) is 0 Å². The first kappa shape index (κ1) is 17.4. The molecule has 1 saturated heterocycles. The van der Waals surface area contributed by atoms with Gasteiger partial charge in [-0.15, -0.1) is 0 Å². The maximum atomic E-state index is 12.0. The minimum Gasteiger partial charge on any atom is -0.395 e. The summed E-state index contributed by atoms with van der Waals surface area (Å²) in [7, 11) is -3.33. The first-order chi connectivity index (χ1) is 10.2. The summed E-state index contributed by atoms with van der Waals surface area (Å²) in [6.45, 7) is 8.99. The van der Waals surface area contributed by atoms with Crippen molar-refractivity contribution in [3.63, 3.8) is 0 Å². The Hall–Kier alpha value is -0.920. The van der Waals surface area contributed by atoms with Crippen molar-refractivity contribution in [3.8, 4) is 0 Å². The average molecular weight is 329 g/mol. The summed E-state index contributed by atoms with van der Waals surface area (Å²) in [6.07, 6.45) is 1.90. The van der Waals surface area contributed by atoms with Crippen LogP contribution in [0.3, 0.4) is 0 Å². The lowest BCUT2D eigenvalue weighted by atomic mass is 9.94. The number of nitrogens with zero attached hydrogens (tertiary/aromatic N) is 3. The van der Waals surface area contributed by atoms with Crippen molar-refractivity contribution in [2.24, 2.45) is 10.9 Å². The first-order valence-electron chi connectivity index (χ1n) is 7.76. The summed E-state index contributed by atoms with van der Waals surface area (Å²) < 4.78 is 25.4. The molecule has 2 rings (SSSR count). The maximum Gasteiger partial charge on any atom is 0.211 e. The summed E-state index contributed by atoms with van der Waals surface area (Å²) in [5, 5.41) is 9.18. The summed E-state index contributed by atoms with van der Waals surface area (Å²) in [4.78, 5) is 6.91. The normalized spacial score (nSPS) is 26.0. The zero-order chi connectivity index (χ0) is 16.7. The second-order valence-electron chi connectivity index (χ2n) is 6.56. The summed E-state index contributed by atoms with van der Waals surface area (Å²) in [5.41, 5.74) is 2.43. The molecule has 0 amide bonds. The number of amidine groups is 1. The summed E-state index contributed by atoms with van der Waals surface area (Å²) in [5.74, 6) is 1.38. The fourth-order valence-electron chi connectivity index (χ4n) is 3.52. The highest BCUT2D eigenvalue weighted by atomic mass is 32.2. The van der Waals surface area contributed by atoms with Gasteiger partial charge in [0.15, 0.2) is 0 Å². The molecule has 0 aromatic heterocycles. The standard InChI is InChI=1S/C15H27N3O3S/c1-10(2)15-11(3)14-8-13(9-17(14)12(4)16-15)18(6-7-19)22(5,20)21/h10,13,15,19H,6-9H2,1-5H3. The van der Waals surface area contributed by atoms with Gasteiger partial charge < -0.3 is 10.0 Å². The van der Waals surface area contributed by atoms with E-state index in [1.807, 2.05) is 6.92 Å². The van der Waals surface area contributed by atoms with Crippen molar-refractivity contribution >= 4 is 15.9 Å². The first-order valence-corrected chi connectivity index (χ1v) is 9.61. The third-order valence-electron chi connectivity index (χ3n) is 4.55. The van der Waals surface area contributed by atoms with Crippen molar-refractivity contribution in [1.82, 2.24) is 9.21 Å². The molecule has 1 N–H and O–H groups in total. The van der Waals surface area contributed by atoms with Crippen molar-refractivity contribution in [3.05, 3.63) is 11.3 Å². The Morgan fingerprint density at radius 2 is 2.05 bits per heavy atom. The lowest BCUT2D eigenvalue weighted by molar-refractivity contribution is 0.228. The predicted molar refractivity (Wildman–Crippen MR) is 88.2 cm³/mol. The molecule has 0 bridgehead atoms. The molecule has 2 heterocycles. The molecule has 2 unspecified atom stereocenters. The fourth-order valence-corrected chi connectivity index (χ4v) is 4.61. The number of aliphatic hydroxyl groups excluding tert-OH is 1. The van der Waals surface area contributed by atoms with E-state index in [0.29, 0.717) is 18.9 Å². The van der Waals surface area contributed by atoms with E-state index in [-0.39, 0.29) is 25.2 Å². The van der Waals surface area contributed by atoms with Crippen LogP contribution in [0.5, 0.6) is 0 Å². The second-order valence-corrected chi connectivity index (χ2v) is 8.50. The van der Waals surface area contributed by atoms with Gasteiger partial charge in [-0.2, -0.15) is 4.31 Å². The van der Waals surface area contributed by atoms with E-state index in [2.05, 4.69) is 25.7 Å². The van der Waals surface area contributed by atoms with E-state index in [4.69, 9.17) is 4.99 Å². The van der Waals surface area contributed by atoms with Crippen molar-refractivity contribution in [2.45, 2.75) is 46.2 Å². The fraction of sp³-hybridized carbons (Fsp3) is 0.800. The van der Waals surface area contributed by atoms with Crippen LogP contribution in [0.4, 0.5) is 0 Å². The summed E-state index contributed by atoms with van der Waals surface area (Å²) >= 11 is 0. The molecular formula is C15H27N3O3S. The molecule has 126 valence electrons. The number of sulfonamides is 1. The zero-order valence-electron chi connectivity index (χ0n) is 14.1. The molecule has 2 atom stereocenters. The minimum atomic E-state index is -3.33. The number of aliphatic imine (C=N–C) groups is 1. The van der Waals surface area contributed by atoms with E-state index < -0.39 is 10.0 Å². The molecule has 2 aliphatic rings. The maximum absolute atomic E-state index is 12.0. The number of hydrogen-bond donors (Lipinski definition) is 1. The van der Waals surface area contributed by atoms with Gasteiger partial charge in [0.05, 0.1) is 18.9 Å². The second kappa shape index (κ2) is 6.29. The minimum absolute atomic E-state index is 0.136. The Bertz CT molecular complexity index is 595. The SMILES string of the molecule is CC1=NC(C(C)C)C(C)=C2CC(N(CCO)S(C)(=O)=O)CN12. The zero-order valence-corrected chi connectivity index (χ0v) is 14.9. The summed E-state index contributed by atoms with van der Waals surface area (Å²) in [6, 6.07) is 0.0395. The van der Waals surface area contributed by atoms with Crippen LogP contribution in [-0.4, -0.2) is 66.6 Å². The molecule has 1 fully saturated rings. The van der Waals surface area contributed by atoms with Gasteiger partial charge in [0, 0.05) is 31.2 Å². The van der Waals surface area contributed by atoms with Crippen LogP contribution in [0, 0.1) is 5.92 Å². The smallest absolute Gasteiger partial charge is 0.211 e. The molecule has 7 heteroatoms. The van der Waals surface area contributed by atoms with E-state index in [1.54, 1.807) is 0 Å². The molecule has 0 radical (unpaired) electrons. The van der Waals surface area contributed by atoms with E-state index >= 15 is 0 Å². The van der Waals surface area contributed by atoms with Crippen LogP contribution < -0.4 is 0 Å². The largest absolute Gasteiger partial charge is 0.395 e. The monoisotopic (exact) mass is 329 g/mol. The quantitative estimate of drug-likeness (QED) is 0.818. The van der Waals surface area contributed by atoms with Crippen molar-refractivity contribution in [1.29, 1.82) is 0 Å². The topological polar surface area (TPSA) is 73.2 Å². The molecule has 2 aliphatic heterocycles. The van der Waals surface area contributed by atoms with Gasteiger partial charge in [-0.25, -0.2) is 8.42 Å². The molecule has 0 spiro atoms. The van der Waals surface area contributed by atoms with Crippen molar-refractivity contribution in [2.75, 3.05) is 26.0 Å². The lowest BCUT2D eigenvalue weighted by Crippen LogP contribution is -2.43. The molecular weight excluding hydrogens is 302 g/mol. The van der Waals surface area contributed by atoms with Crippen LogP contribution in [0.1, 0.15) is 34.1 Å². The number of hydrogen-bond acceptors (Lipinski definition) is 5. The third-order valence-corrected chi connectivity index (χ3v) is 5.88. The highest BCUT2D eigenvalue weighted by Crippen LogP contribution is 2.35. The number of fused-ring (bicyclic) bond motifs is 1. The van der Waals surface area contributed by atoms with Crippen molar-refractivity contribution < 1.29 is 13.5 Å². The van der Waals surface area contributed by atoms with Crippen LogP contribution >= 0.6 is 0 Å². The molecule has 0 aliphatic carbocycles. The van der Waals surface area contributed by atoms with Gasteiger partial charge in [-0.3, -0.25) is 4.99 Å². The number of aliphatic hydroxyl groups is 1. The third kappa shape index (κ3) is 3.21. The van der Waals surface area contributed by atoms with E-state index in [1.165, 1.54) is 21.8 Å². The Morgan fingerprint density at radius 3 is 2.55 bits per heavy atom. The number of rotatable bonds is 5. The van der Waals surface area contributed by atoms with Gasteiger partial charge in [-0.05, 0) is 25.3 Å². The Balaban J connectivity index is 2.32. The van der Waals surface area contributed by atoms with E-state index in [9.17, 15) is 13.5 Å². The Morgan fingerprint density at radius 1 is 1.41 bits per heavy atom. The molecule has 0 aromatic rings. The molecule has 0 saturated carbocycles. The van der Waals surface area contributed by atoms with Gasteiger partial charge in [0.1, 0.15) is 5.84 Å². The van der Waals surface area contributed by atoms with Gasteiger partial charge >= 0.3 is 0 Å². The van der Waals surface area contributed by atoms with Crippen LogP contribution in [-0.2, 0) is 10.0 Å². The van der Waals surface area contributed by atoms with Crippen LogP contribution in [0.15, 0.2) is 16.3 Å². The highest BCUT2D eigenvalue weighted by molar-refractivity contribution is 7.88. The Labute approximate surface area is 133 Å². The van der Waals surface area contributed by atoms with E-state index in [0.717, 1.165) is 5.84 Å². The van der Waals surface area contributed by atoms with Crippen LogP contribution in [0.2, 0.25) is 0 Å².